The van der Waals surface area contributed by atoms with E-state index in [0.717, 1.165) is 0 Å². The molecule has 98 valence electrons. The molecule has 0 aliphatic carbocycles. The average Bonchev–Trinajstić information content (AvgIpc) is 2.22. The summed E-state index contributed by atoms with van der Waals surface area (Å²) < 4.78 is 0. The largest absolute Gasteiger partial charge is 0.330 e. The summed E-state index contributed by atoms with van der Waals surface area (Å²) in [7, 11) is 0. The molecule has 0 bridgehead atoms. The second-order valence-electron chi connectivity index (χ2n) is 4.88. The third-order valence-electron chi connectivity index (χ3n) is 2.38. The lowest BCUT2D eigenvalue weighted by Gasteiger charge is -2.35. The number of halogens is 2. The summed E-state index contributed by atoms with van der Waals surface area (Å²) in [6.45, 7) is 10.00. The zero-order valence-corrected chi connectivity index (χ0v) is 12.2. The fourth-order valence-corrected chi connectivity index (χ4v) is 2.00. The van der Waals surface area contributed by atoms with Crippen LogP contribution in [-0.2, 0) is 0 Å². The SMILES string of the molecule is C=CCN(C(=O)c1cc(Cl)nc(Cl)c1)C(C)(C)C. The van der Waals surface area contributed by atoms with E-state index in [4.69, 9.17) is 23.2 Å². The molecule has 0 N–H and O–H groups in total. The second kappa shape index (κ2) is 5.72. The summed E-state index contributed by atoms with van der Waals surface area (Å²) in [5, 5.41) is 0.414. The average molecular weight is 287 g/mol. The van der Waals surface area contributed by atoms with Crippen molar-refractivity contribution in [2.75, 3.05) is 6.54 Å². The molecule has 0 radical (unpaired) electrons. The van der Waals surface area contributed by atoms with Crippen molar-refractivity contribution >= 4 is 29.1 Å². The van der Waals surface area contributed by atoms with Crippen LogP contribution in [-0.4, -0.2) is 27.9 Å². The molecule has 0 spiro atoms. The molecule has 0 atom stereocenters. The highest BCUT2D eigenvalue weighted by molar-refractivity contribution is 6.33. The predicted molar refractivity (Wildman–Crippen MR) is 75.2 cm³/mol. The first kappa shape index (κ1) is 15.0. The molecule has 0 aliphatic heterocycles. The lowest BCUT2D eigenvalue weighted by Crippen LogP contribution is -2.45. The highest BCUT2D eigenvalue weighted by Crippen LogP contribution is 2.20. The van der Waals surface area contributed by atoms with Crippen LogP contribution >= 0.6 is 23.2 Å². The molecule has 0 unspecified atom stereocenters. The number of hydrogen-bond acceptors (Lipinski definition) is 2. The fourth-order valence-electron chi connectivity index (χ4n) is 1.53. The van der Waals surface area contributed by atoms with Gasteiger partial charge in [0, 0.05) is 17.6 Å². The summed E-state index contributed by atoms with van der Waals surface area (Å²) in [4.78, 5) is 17.9. The minimum Gasteiger partial charge on any atom is -0.330 e. The van der Waals surface area contributed by atoms with Crippen molar-refractivity contribution in [3.63, 3.8) is 0 Å². The number of aromatic nitrogens is 1. The second-order valence-corrected chi connectivity index (χ2v) is 5.65. The quantitative estimate of drug-likeness (QED) is 0.625. The summed E-state index contributed by atoms with van der Waals surface area (Å²) in [5.74, 6) is -0.145. The van der Waals surface area contributed by atoms with Crippen molar-refractivity contribution in [1.29, 1.82) is 0 Å². The molecule has 3 nitrogen and oxygen atoms in total. The summed E-state index contributed by atoms with van der Waals surface area (Å²) in [6.07, 6.45) is 1.69. The van der Waals surface area contributed by atoms with Crippen molar-refractivity contribution < 1.29 is 4.79 Å². The maximum Gasteiger partial charge on any atom is 0.254 e. The van der Waals surface area contributed by atoms with Gasteiger partial charge in [0.25, 0.3) is 5.91 Å². The highest BCUT2D eigenvalue weighted by Gasteiger charge is 2.26. The van der Waals surface area contributed by atoms with Crippen LogP contribution in [0.3, 0.4) is 0 Å². The number of hydrogen-bond donors (Lipinski definition) is 0. The van der Waals surface area contributed by atoms with E-state index in [1.807, 2.05) is 20.8 Å². The standard InChI is InChI=1S/C13H16Cl2N2O/c1-5-6-17(13(2,3)4)12(18)9-7-10(14)16-11(15)8-9/h5,7-8H,1,6H2,2-4H3. The molecular weight excluding hydrogens is 271 g/mol. The lowest BCUT2D eigenvalue weighted by atomic mass is 10.0. The van der Waals surface area contributed by atoms with Crippen molar-refractivity contribution in [2.24, 2.45) is 0 Å². The number of amides is 1. The Morgan fingerprint density at radius 1 is 1.39 bits per heavy atom. The van der Waals surface area contributed by atoms with Crippen LogP contribution in [0, 0.1) is 0 Å². The van der Waals surface area contributed by atoms with Crippen LogP contribution in [0.15, 0.2) is 24.8 Å². The van der Waals surface area contributed by atoms with E-state index < -0.39 is 0 Å². The zero-order chi connectivity index (χ0) is 13.9. The Morgan fingerprint density at radius 3 is 2.28 bits per heavy atom. The van der Waals surface area contributed by atoms with Gasteiger partial charge in [0.05, 0.1) is 0 Å². The Bertz CT molecular complexity index is 446. The first-order valence-electron chi connectivity index (χ1n) is 5.51. The fraction of sp³-hybridized carbons (Fsp3) is 0.385. The molecular formula is C13H16Cl2N2O. The smallest absolute Gasteiger partial charge is 0.254 e. The summed E-state index contributed by atoms with van der Waals surface area (Å²) in [5.41, 5.74) is 0.116. The van der Waals surface area contributed by atoms with Gasteiger partial charge < -0.3 is 4.90 Å². The third-order valence-corrected chi connectivity index (χ3v) is 2.76. The Morgan fingerprint density at radius 2 is 1.89 bits per heavy atom. The van der Waals surface area contributed by atoms with E-state index in [1.165, 1.54) is 12.1 Å². The molecule has 0 saturated carbocycles. The number of carbonyl (C=O) groups excluding carboxylic acids is 1. The minimum atomic E-state index is -0.312. The van der Waals surface area contributed by atoms with Gasteiger partial charge in [-0.2, -0.15) is 0 Å². The van der Waals surface area contributed by atoms with E-state index in [9.17, 15) is 4.79 Å². The lowest BCUT2D eigenvalue weighted by molar-refractivity contribution is 0.0616. The van der Waals surface area contributed by atoms with Gasteiger partial charge in [0.1, 0.15) is 10.3 Å². The Kier molecular flexibility index (Phi) is 4.77. The van der Waals surface area contributed by atoms with Gasteiger partial charge >= 0.3 is 0 Å². The molecule has 0 aliphatic rings. The van der Waals surface area contributed by atoms with Crippen LogP contribution in [0.2, 0.25) is 10.3 Å². The molecule has 1 aromatic heterocycles. The van der Waals surface area contributed by atoms with Crippen molar-refractivity contribution in [2.45, 2.75) is 26.3 Å². The molecule has 18 heavy (non-hydrogen) atoms. The van der Waals surface area contributed by atoms with Crippen LogP contribution in [0.25, 0.3) is 0 Å². The maximum absolute atomic E-state index is 12.4. The van der Waals surface area contributed by atoms with Crippen LogP contribution in [0.1, 0.15) is 31.1 Å². The normalized spacial score (nSPS) is 11.2. The van der Waals surface area contributed by atoms with Gasteiger partial charge in [0.15, 0.2) is 0 Å². The molecule has 0 aromatic carbocycles. The summed E-state index contributed by atoms with van der Waals surface area (Å²) >= 11 is 11.6. The molecule has 0 saturated heterocycles. The zero-order valence-electron chi connectivity index (χ0n) is 10.7. The van der Waals surface area contributed by atoms with E-state index in [2.05, 4.69) is 11.6 Å². The highest BCUT2D eigenvalue weighted by atomic mass is 35.5. The van der Waals surface area contributed by atoms with Crippen molar-refractivity contribution in [3.05, 3.63) is 40.7 Å². The van der Waals surface area contributed by atoms with Gasteiger partial charge in [0.2, 0.25) is 0 Å². The molecule has 5 heteroatoms. The third kappa shape index (κ3) is 3.72. The molecule has 1 heterocycles. The first-order chi connectivity index (χ1) is 8.25. The Balaban J connectivity index is 3.13. The number of carbonyl (C=O) groups is 1. The summed E-state index contributed by atoms with van der Waals surface area (Å²) in [6, 6.07) is 3.02. The van der Waals surface area contributed by atoms with E-state index >= 15 is 0 Å². The first-order valence-corrected chi connectivity index (χ1v) is 6.27. The van der Waals surface area contributed by atoms with Gasteiger partial charge in [-0.05, 0) is 32.9 Å². The van der Waals surface area contributed by atoms with Crippen molar-refractivity contribution in [1.82, 2.24) is 9.88 Å². The van der Waals surface area contributed by atoms with Crippen LogP contribution in [0.4, 0.5) is 0 Å². The predicted octanol–water partition coefficient (Wildman–Crippen LogP) is 3.82. The topological polar surface area (TPSA) is 33.2 Å². The molecule has 1 amide bonds. The van der Waals surface area contributed by atoms with Gasteiger partial charge in [-0.25, -0.2) is 4.98 Å². The van der Waals surface area contributed by atoms with Gasteiger partial charge in [-0.3, -0.25) is 4.79 Å². The van der Waals surface area contributed by atoms with Gasteiger partial charge in [-0.1, -0.05) is 29.3 Å². The minimum absolute atomic E-state index is 0.145. The van der Waals surface area contributed by atoms with Crippen molar-refractivity contribution in [3.8, 4) is 0 Å². The van der Waals surface area contributed by atoms with E-state index in [0.29, 0.717) is 12.1 Å². The maximum atomic E-state index is 12.4. The van der Waals surface area contributed by atoms with Crippen LogP contribution < -0.4 is 0 Å². The van der Waals surface area contributed by atoms with E-state index in [1.54, 1.807) is 11.0 Å². The van der Waals surface area contributed by atoms with Crippen LogP contribution in [0.5, 0.6) is 0 Å². The Labute approximate surface area is 117 Å². The monoisotopic (exact) mass is 286 g/mol. The molecule has 0 fully saturated rings. The number of nitrogens with zero attached hydrogens (tertiary/aromatic N) is 2. The van der Waals surface area contributed by atoms with E-state index in [-0.39, 0.29) is 21.8 Å². The van der Waals surface area contributed by atoms with Gasteiger partial charge in [-0.15, -0.1) is 6.58 Å². The number of pyridine rings is 1. The molecule has 1 rings (SSSR count). The molecule has 1 aromatic rings. The Hall–Kier alpha value is -1.06. The number of rotatable bonds is 3.